The highest BCUT2D eigenvalue weighted by Gasteiger charge is 2.34. The van der Waals surface area contributed by atoms with Crippen molar-refractivity contribution in [3.05, 3.63) is 166 Å². The van der Waals surface area contributed by atoms with Gasteiger partial charge in [-0.3, -0.25) is 14.5 Å². The number of allylic oxidation sites excluding steroid dienone is 2. The largest absolute Gasteiger partial charge is 0.492 e. The van der Waals surface area contributed by atoms with Gasteiger partial charge in [-0.1, -0.05) is 72.8 Å². The number of benzene rings is 4. The molecule has 0 aliphatic carbocycles. The molecule has 4 aromatic carbocycles. The summed E-state index contributed by atoms with van der Waals surface area (Å²) in [5.74, 6) is 0.125. The van der Waals surface area contributed by atoms with E-state index in [4.69, 9.17) is 9.73 Å². The van der Waals surface area contributed by atoms with Crippen LogP contribution in [0.4, 0.5) is 0 Å². The number of aliphatic imine (C=N–C) groups is 1. The van der Waals surface area contributed by atoms with E-state index in [0.717, 1.165) is 56.2 Å². The van der Waals surface area contributed by atoms with Gasteiger partial charge in [-0.2, -0.15) is 0 Å². The van der Waals surface area contributed by atoms with E-state index in [0.29, 0.717) is 16.9 Å². The number of ether oxygens (including phenoxy) is 1. The number of fused-ring (bicyclic) bond motifs is 1. The van der Waals surface area contributed by atoms with Gasteiger partial charge in [-0.25, -0.2) is 4.99 Å². The summed E-state index contributed by atoms with van der Waals surface area (Å²) in [5.41, 5.74) is 11.0. The van der Waals surface area contributed by atoms with Crippen molar-refractivity contribution in [3.8, 4) is 17.0 Å². The maximum Gasteiger partial charge on any atom is 0.261 e. The fourth-order valence-corrected chi connectivity index (χ4v) is 6.10. The lowest BCUT2D eigenvalue weighted by atomic mass is 9.92. The smallest absolute Gasteiger partial charge is 0.261 e. The first kappa shape index (κ1) is 28.0. The molecule has 6 nitrogen and oxygen atoms in total. The van der Waals surface area contributed by atoms with Gasteiger partial charge in [0.1, 0.15) is 12.4 Å². The summed E-state index contributed by atoms with van der Waals surface area (Å²) < 4.78 is 6.12. The number of carbonyl (C=O) groups is 2. The first-order valence-electron chi connectivity index (χ1n) is 15.0. The highest BCUT2D eigenvalue weighted by atomic mass is 16.5. The van der Waals surface area contributed by atoms with Gasteiger partial charge in [-0.15, -0.1) is 0 Å². The molecule has 45 heavy (non-hydrogen) atoms. The SMILES string of the molecule is Cc1cc(OCCN2C(=O)c3ccccc3C2=O)cc(C)c1/C(=C1\C=CC(c2ccccc2)=N1)c1ccc(-c2ccccc2)[nH]1. The van der Waals surface area contributed by atoms with Crippen LogP contribution in [0.2, 0.25) is 0 Å². The molecule has 1 aromatic heterocycles. The van der Waals surface area contributed by atoms with Gasteiger partial charge in [-0.05, 0) is 84.7 Å². The van der Waals surface area contributed by atoms with Crippen molar-refractivity contribution in [2.75, 3.05) is 13.2 Å². The Bertz CT molecular complexity index is 1980. The number of rotatable bonds is 8. The molecule has 2 aliphatic heterocycles. The molecule has 0 radical (unpaired) electrons. The molecule has 0 saturated carbocycles. The summed E-state index contributed by atoms with van der Waals surface area (Å²) in [6, 6.07) is 35.6. The van der Waals surface area contributed by atoms with Crippen molar-refractivity contribution in [2.45, 2.75) is 13.8 Å². The third-order valence-electron chi connectivity index (χ3n) is 8.22. The number of aromatic nitrogens is 1. The van der Waals surface area contributed by atoms with Crippen molar-refractivity contribution in [3.63, 3.8) is 0 Å². The van der Waals surface area contributed by atoms with Crippen LogP contribution in [0.1, 0.15) is 48.7 Å². The Labute approximate surface area is 262 Å². The van der Waals surface area contributed by atoms with Crippen molar-refractivity contribution in [2.24, 2.45) is 4.99 Å². The van der Waals surface area contributed by atoms with Gasteiger partial charge in [0.25, 0.3) is 11.8 Å². The molecular formula is C39H31N3O3. The molecule has 220 valence electrons. The Kier molecular flexibility index (Phi) is 7.31. The maximum atomic E-state index is 12.8. The second-order valence-corrected chi connectivity index (χ2v) is 11.2. The quantitative estimate of drug-likeness (QED) is 0.188. The minimum atomic E-state index is -0.279. The van der Waals surface area contributed by atoms with Crippen molar-refractivity contribution >= 4 is 23.1 Å². The average molecular weight is 590 g/mol. The molecule has 0 unspecified atom stereocenters. The Morgan fingerprint density at radius 2 is 1.33 bits per heavy atom. The summed E-state index contributed by atoms with van der Waals surface area (Å²) in [6.07, 6.45) is 4.14. The van der Waals surface area contributed by atoms with E-state index in [1.165, 1.54) is 4.90 Å². The van der Waals surface area contributed by atoms with Gasteiger partial charge in [0.2, 0.25) is 0 Å². The van der Waals surface area contributed by atoms with Gasteiger partial charge in [0.05, 0.1) is 29.1 Å². The molecule has 5 aromatic rings. The van der Waals surface area contributed by atoms with E-state index >= 15 is 0 Å². The van der Waals surface area contributed by atoms with Crippen LogP contribution < -0.4 is 4.74 Å². The fourth-order valence-electron chi connectivity index (χ4n) is 6.10. The van der Waals surface area contributed by atoms with Crippen LogP contribution in [-0.4, -0.2) is 40.6 Å². The molecule has 3 heterocycles. The number of H-pyrrole nitrogens is 1. The van der Waals surface area contributed by atoms with E-state index in [1.54, 1.807) is 24.3 Å². The maximum absolute atomic E-state index is 12.8. The molecule has 0 fully saturated rings. The molecule has 0 atom stereocenters. The van der Waals surface area contributed by atoms with Crippen LogP contribution >= 0.6 is 0 Å². The van der Waals surface area contributed by atoms with Crippen LogP contribution in [0.25, 0.3) is 16.8 Å². The van der Waals surface area contributed by atoms with Gasteiger partial charge in [0, 0.05) is 22.5 Å². The van der Waals surface area contributed by atoms with E-state index in [1.807, 2.05) is 48.5 Å². The zero-order valence-corrected chi connectivity index (χ0v) is 25.1. The topological polar surface area (TPSA) is 74.8 Å². The number of nitrogens with zero attached hydrogens (tertiary/aromatic N) is 2. The molecular weight excluding hydrogens is 558 g/mol. The highest BCUT2D eigenvalue weighted by Crippen LogP contribution is 2.37. The molecule has 2 aliphatic rings. The number of aryl methyl sites for hydroxylation is 2. The lowest BCUT2D eigenvalue weighted by molar-refractivity contribution is 0.0631. The number of nitrogens with one attached hydrogen (secondary N) is 1. The normalized spacial score (nSPS) is 15.0. The molecule has 2 amide bonds. The molecule has 0 bridgehead atoms. The molecule has 0 saturated heterocycles. The van der Waals surface area contributed by atoms with Crippen LogP contribution in [0.15, 0.2) is 132 Å². The number of imide groups is 1. The van der Waals surface area contributed by atoms with Gasteiger partial charge < -0.3 is 9.72 Å². The fraction of sp³-hybridized carbons (Fsp3) is 0.103. The summed E-state index contributed by atoms with van der Waals surface area (Å²) >= 11 is 0. The summed E-state index contributed by atoms with van der Waals surface area (Å²) in [5, 5.41) is 0. The third kappa shape index (κ3) is 5.31. The molecule has 6 heteroatoms. The summed E-state index contributed by atoms with van der Waals surface area (Å²) in [6.45, 7) is 4.51. The second kappa shape index (κ2) is 11.7. The van der Waals surface area contributed by atoms with Crippen LogP contribution in [-0.2, 0) is 0 Å². The van der Waals surface area contributed by atoms with Gasteiger partial charge in [0.15, 0.2) is 0 Å². The number of hydrogen-bond donors (Lipinski definition) is 1. The number of hydrogen-bond acceptors (Lipinski definition) is 4. The molecule has 7 rings (SSSR count). The second-order valence-electron chi connectivity index (χ2n) is 11.2. The monoisotopic (exact) mass is 589 g/mol. The average Bonchev–Trinajstić information content (AvgIpc) is 3.81. The highest BCUT2D eigenvalue weighted by molar-refractivity contribution is 6.21. The summed E-state index contributed by atoms with van der Waals surface area (Å²) in [7, 11) is 0. The number of amides is 2. The van der Waals surface area contributed by atoms with E-state index in [2.05, 4.69) is 67.4 Å². The van der Waals surface area contributed by atoms with Crippen LogP contribution in [0.5, 0.6) is 5.75 Å². The van der Waals surface area contributed by atoms with E-state index < -0.39 is 0 Å². The Morgan fingerprint density at radius 3 is 1.98 bits per heavy atom. The van der Waals surface area contributed by atoms with E-state index in [-0.39, 0.29) is 25.0 Å². The first-order chi connectivity index (χ1) is 22.0. The lowest BCUT2D eigenvalue weighted by Crippen LogP contribution is -2.33. The Morgan fingerprint density at radius 1 is 0.733 bits per heavy atom. The Balaban J connectivity index is 1.20. The standard InChI is InChI=1S/C39H31N3O3/c1-25-23-29(45-22-21-42-38(43)30-15-9-10-16-31(30)39(42)44)24-26(2)36(25)37(34-19-17-32(40-34)27-11-5-3-6-12-27)35-20-18-33(41-35)28-13-7-4-8-14-28/h3-20,23-24,40H,21-22H2,1-2H3/b37-35+. The third-order valence-corrected chi connectivity index (χ3v) is 8.22. The van der Waals surface area contributed by atoms with Crippen molar-refractivity contribution in [1.29, 1.82) is 0 Å². The lowest BCUT2D eigenvalue weighted by Gasteiger charge is -2.18. The predicted molar refractivity (Wildman–Crippen MR) is 178 cm³/mol. The van der Waals surface area contributed by atoms with Gasteiger partial charge >= 0.3 is 0 Å². The molecule has 0 spiro atoms. The summed E-state index contributed by atoms with van der Waals surface area (Å²) in [4.78, 5) is 35.5. The Hall–Kier alpha value is -5.75. The minimum absolute atomic E-state index is 0.175. The predicted octanol–water partition coefficient (Wildman–Crippen LogP) is 7.79. The number of aromatic amines is 1. The minimum Gasteiger partial charge on any atom is -0.492 e. The molecule has 1 N–H and O–H groups in total. The van der Waals surface area contributed by atoms with Crippen molar-refractivity contribution in [1.82, 2.24) is 9.88 Å². The zero-order chi connectivity index (χ0) is 30.9. The van der Waals surface area contributed by atoms with Crippen LogP contribution in [0, 0.1) is 13.8 Å². The van der Waals surface area contributed by atoms with E-state index in [9.17, 15) is 9.59 Å². The van der Waals surface area contributed by atoms with Crippen LogP contribution in [0.3, 0.4) is 0 Å². The first-order valence-corrected chi connectivity index (χ1v) is 15.0. The van der Waals surface area contributed by atoms with Crippen molar-refractivity contribution < 1.29 is 14.3 Å². The zero-order valence-electron chi connectivity index (χ0n) is 25.1. The number of carbonyl (C=O) groups excluding carboxylic acids is 2.